The highest BCUT2D eigenvalue weighted by Crippen LogP contribution is 2.00. The van der Waals surface area contributed by atoms with Crippen LogP contribution in [0.4, 0.5) is 4.79 Å². The van der Waals surface area contributed by atoms with Gasteiger partial charge in [0.25, 0.3) is 5.91 Å². The van der Waals surface area contributed by atoms with Gasteiger partial charge in [0, 0.05) is 24.8 Å². The van der Waals surface area contributed by atoms with Crippen molar-refractivity contribution in [3.8, 4) is 0 Å². The van der Waals surface area contributed by atoms with Crippen LogP contribution in [0.25, 0.3) is 0 Å². The lowest BCUT2D eigenvalue weighted by molar-refractivity contribution is 0.0949. The van der Waals surface area contributed by atoms with Crippen molar-refractivity contribution < 1.29 is 9.59 Å². The van der Waals surface area contributed by atoms with Crippen molar-refractivity contribution in [2.75, 3.05) is 13.1 Å². The molecule has 7 nitrogen and oxygen atoms in total. The molecule has 0 bridgehead atoms. The fourth-order valence-electron chi connectivity index (χ4n) is 1.13. The molecule has 0 aromatic carbocycles. The van der Waals surface area contributed by atoms with Gasteiger partial charge in [-0.05, 0) is 12.1 Å². The van der Waals surface area contributed by atoms with E-state index in [1.807, 2.05) is 0 Å². The van der Waals surface area contributed by atoms with Crippen LogP contribution >= 0.6 is 12.2 Å². The van der Waals surface area contributed by atoms with Gasteiger partial charge in [-0.25, -0.2) is 4.79 Å². The van der Waals surface area contributed by atoms with Gasteiger partial charge in [-0.3, -0.25) is 9.78 Å². The van der Waals surface area contributed by atoms with Gasteiger partial charge in [0.1, 0.15) is 10.7 Å². The summed E-state index contributed by atoms with van der Waals surface area (Å²) in [6.45, 7) is 0.520. The van der Waals surface area contributed by atoms with E-state index in [4.69, 9.17) is 23.7 Å². The zero-order chi connectivity index (χ0) is 13.5. The molecule has 6 N–H and O–H groups in total. The Morgan fingerprint density at radius 3 is 2.39 bits per heavy atom. The number of nitrogens with zero attached hydrogens (tertiary/aromatic N) is 1. The minimum atomic E-state index is -0.636. The Morgan fingerprint density at radius 2 is 1.89 bits per heavy atom. The number of carbonyl (C=O) groups excluding carboxylic acids is 2. The Balaban J connectivity index is 2.46. The van der Waals surface area contributed by atoms with Crippen LogP contribution in [0.5, 0.6) is 0 Å². The first-order valence-electron chi connectivity index (χ1n) is 5.08. The molecule has 0 atom stereocenters. The Morgan fingerprint density at radius 1 is 1.22 bits per heavy atom. The second-order valence-electron chi connectivity index (χ2n) is 3.34. The Hall–Kier alpha value is -2.22. The molecule has 0 fully saturated rings. The fourth-order valence-corrected chi connectivity index (χ4v) is 1.25. The normalized spacial score (nSPS) is 9.56. The molecule has 18 heavy (non-hydrogen) atoms. The molecule has 1 aromatic rings. The van der Waals surface area contributed by atoms with Gasteiger partial charge in [-0.15, -0.1) is 0 Å². The van der Waals surface area contributed by atoms with Crippen molar-refractivity contribution in [3.63, 3.8) is 0 Å². The minimum Gasteiger partial charge on any atom is -0.389 e. The van der Waals surface area contributed by atoms with Crippen LogP contribution in [-0.2, 0) is 0 Å². The topological polar surface area (TPSA) is 123 Å². The summed E-state index contributed by atoms with van der Waals surface area (Å²) in [6, 6.07) is 2.50. The molecule has 0 radical (unpaired) electrons. The quantitative estimate of drug-likeness (QED) is 0.407. The second-order valence-corrected chi connectivity index (χ2v) is 3.78. The number of amides is 3. The predicted octanol–water partition coefficient (Wildman–Crippen LogP) is -0.886. The lowest BCUT2D eigenvalue weighted by Gasteiger charge is -2.05. The van der Waals surface area contributed by atoms with Gasteiger partial charge in [0.05, 0.1) is 0 Å². The molecule has 0 saturated heterocycles. The Labute approximate surface area is 109 Å². The first kappa shape index (κ1) is 13.8. The molecule has 0 spiro atoms. The molecule has 0 saturated carbocycles. The molecule has 0 aliphatic carbocycles. The monoisotopic (exact) mass is 267 g/mol. The summed E-state index contributed by atoms with van der Waals surface area (Å²) in [4.78, 5) is 26.1. The number of pyridine rings is 1. The smallest absolute Gasteiger partial charge is 0.312 e. The predicted molar refractivity (Wildman–Crippen MR) is 70.0 cm³/mol. The maximum atomic E-state index is 11.6. The van der Waals surface area contributed by atoms with Gasteiger partial charge in [0.15, 0.2) is 0 Å². The zero-order valence-corrected chi connectivity index (χ0v) is 10.3. The summed E-state index contributed by atoms with van der Waals surface area (Å²) >= 11 is 4.77. The minimum absolute atomic E-state index is 0.222. The summed E-state index contributed by atoms with van der Waals surface area (Å²) < 4.78 is 0. The molecule has 1 heterocycles. The van der Waals surface area contributed by atoms with Crippen LogP contribution in [0.15, 0.2) is 18.3 Å². The lowest BCUT2D eigenvalue weighted by atomic mass is 10.2. The van der Waals surface area contributed by atoms with E-state index in [0.29, 0.717) is 5.56 Å². The molecule has 0 unspecified atom stereocenters. The van der Waals surface area contributed by atoms with Crippen molar-refractivity contribution in [1.29, 1.82) is 0 Å². The van der Waals surface area contributed by atoms with E-state index in [1.54, 1.807) is 6.07 Å². The first-order chi connectivity index (χ1) is 8.50. The SMILES string of the molecule is NC(=O)NCCNC(=O)c1ccc(C(N)=S)cn1. The first-order valence-corrected chi connectivity index (χ1v) is 5.49. The number of hydrogen-bond acceptors (Lipinski definition) is 4. The van der Waals surface area contributed by atoms with Gasteiger partial charge in [-0.1, -0.05) is 12.2 Å². The maximum absolute atomic E-state index is 11.6. The van der Waals surface area contributed by atoms with Gasteiger partial charge >= 0.3 is 6.03 Å². The number of aromatic nitrogens is 1. The van der Waals surface area contributed by atoms with E-state index < -0.39 is 6.03 Å². The number of nitrogens with one attached hydrogen (secondary N) is 2. The third-order valence-electron chi connectivity index (χ3n) is 1.99. The van der Waals surface area contributed by atoms with Gasteiger partial charge < -0.3 is 22.1 Å². The van der Waals surface area contributed by atoms with E-state index in [-0.39, 0.29) is 29.7 Å². The average molecular weight is 267 g/mol. The second kappa shape index (κ2) is 6.50. The average Bonchev–Trinajstić information content (AvgIpc) is 2.34. The van der Waals surface area contributed by atoms with Crippen molar-refractivity contribution in [1.82, 2.24) is 15.6 Å². The summed E-state index contributed by atoms with van der Waals surface area (Å²) in [6.07, 6.45) is 1.43. The van der Waals surface area contributed by atoms with Crippen molar-refractivity contribution in [3.05, 3.63) is 29.6 Å². The largest absolute Gasteiger partial charge is 0.389 e. The van der Waals surface area contributed by atoms with Crippen molar-refractivity contribution in [2.24, 2.45) is 11.5 Å². The molecule has 1 aromatic heterocycles. The van der Waals surface area contributed by atoms with Crippen LogP contribution in [-0.4, -0.2) is 35.0 Å². The van der Waals surface area contributed by atoms with E-state index >= 15 is 0 Å². The molecule has 0 aliphatic rings. The van der Waals surface area contributed by atoms with E-state index in [1.165, 1.54) is 12.3 Å². The van der Waals surface area contributed by atoms with E-state index in [0.717, 1.165) is 0 Å². The van der Waals surface area contributed by atoms with Crippen molar-refractivity contribution >= 4 is 29.1 Å². The molecular weight excluding hydrogens is 254 g/mol. The Kier molecular flexibility index (Phi) is 5.00. The summed E-state index contributed by atoms with van der Waals surface area (Å²) in [5.74, 6) is -0.351. The van der Waals surface area contributed by atoms with Crippen LogP contribution in [0.2, 0.25) is 0 Å². The molecule has 96 valence electrons. The van der Waals surface area contributed by atoms with Crippen LogP contribution < -0.4 is 22.1 Å². The third-order valence-corrected chi connectivity index (χ3v) is 2.23. The van der Waals surface area contributed by atoms with Gasteiger partial charge in [-0.2, -0.15) is 0 Å². The maximum Gasteiger partial charge on any atom is 0.312 e. The Bertz CT molecular complexity index is 460. The molecule has 1 rings (SSSR count). The number of hydrogen-bond donors (Lipinski definition) is 4. The van der Waals surface area contributed by atoms with Crippen LogP contribution in [0.1, 0.15) is 16.1 Å². The van der Waals surface area contributed by atoms with Gasteiger partial charge in [0.2, 0.25) is 0 Å². The summed E-state index contributed by atoms with van der Waals surface area (Å²) in [5.41, 5.74) is 11.1. The number of carbonyl (C=O) groups is 2. The highest BCUT2D eigenvalue weighted by atomic mass is 32.1. The lowest BCUT2D eigenvalue weighted by Crippen LogP contribution is -2.37. The fraction of sp³-hybridized carbons (Fsp3) is 0.200. The van der Waals surface area contributed by atoms with E-state index in [2.05, 4.69) is 15.6 Å². The number of primary amides is 1. The molecular formula is C10H13N5O2S. The molecule has 0 aliphatic heterocycles. The third kappa shape index (κ3) is 4.34. The highest BCUT2D eigenvalue weighted by Gasteiger charge is 2.06. The van der Waals surface area contributed by atoms with Crippen LogP contribution in [0.3, 0.4) is 0 Å². The number of nitrogens with two attached hydrogens (primary N) is 2. The number of thiocarbonyl (C=S) groups is 1. The van der Waals surface area contributed by atoms with Crippen molar-refractivity contribution in [2.45, 2.75) is 0 Å². The number of urea groups is 1. The molecule has 8 heteroatoms. The number of rotatable bonds is 5. The van der Waals surface area contributed by atoms with E-state index in [9.17, 15) is 9.59 Å². The summed E-state index contributed by atoms with van der Waals surface area (Å²) in [5, 5.41) is 4.91. The highest BCUT2D eigenvalue weighted by molar-refractivity contribution is 7.80. The zero-order valence-electron chi connectivity index (χ0n) is 9.47. The summed E-state index contributed by atoms with van der Waals surface area (Å²) in [7, 11) is 0. The van der Waals surface area contributed by atoms with Crippen LogP contribution in [0, 0.1) is 0 Å². The molecule has 3 amide bonds. The standard InChI is InChI=1S/C10H13N5O2S/c11-8(18)6-1-2-7(15-5-6)9(16)13-3-4-14-10(12)17/h1-2,5H,3-4H2,(H2,11,18)(H,13,16)(H3,12,14,17).